The first kappa shape index (κ1) is 20.6. The fourth-order valence-electron chi connectivity index (χ4n) is 3.85. The van der Waals surface area contributed by atoms with E-state index >= 15 is 0 Å². The lowest BCUT2D eigenvalue weighted by atomic mass is 10.1. The van der Waals surface area contributed by atoms with E-state index < -0.39 is 6.17 Å². The molecule has 32 heavy (non-hydrogen) atoms. The normalized spacial score (nSPS) is 16.5. The van der Waals surface area contributed by atoms with Gasteiger partial charge in [-0.1, -0.05) is 18.2 Å². The number of aromatic amines is 1. The molecule has 2 N–H and O–H groups in total. The zero-order valence-corrected chi connectivity index (χ0v) is 18.1. The second-order valence-corrected chi connectivity index (χ2v) is 8.50. The van der Waals surface area contributed by atoms with E-state index in [-0.39, 0.29) is 5.91 Å². The van der Waals surface area contributed by atoms with Gasteiger partial charge >= 0.3 is 0 Å². The quantitative estimate of drug-likeness (QED) is 0.436. The third kappa shape index (κ3) is 4.35. The van der Waals surface area contributed by atoms with Gasteiger partial charge in [0.1, 0.15) is 29.9 Å². The average molecular weight is 452 g/mol. The number of carbonyl (C=O) groups is 1. The molecule has 0 saturated carbocycles. The number of rotatable bonds is 7. The van der Waals surface area contributed by atoms with Crippen molar-refractivity contribution in [3.63, 3.8) is 0 Å². The predicted molar refractivity (Wildman–Crippen MR) is 123 cm³/mol. The number of imidazole rings is 1. The van der Waals surface area contributed by atoms with Gasteiger partial charge in [-0.3, -0.25) is 15.0 Å². The van der Waals surface area contributed by atoms with Gasteiger partial charge < -0.3 is 9.72 Å². The van der Waals surface area contributed by atoms with Crippen molar-refractivity contribution in [2.45, 2.75) is 12.6 Å². The molecule has 0 unspecified atom stereocenters. The molecule has 1 aliphatic rings. The summed E-state index contributed by atoms with van der Waals surface area (Å²) in [5, 5.41) is 5.15. The first-order valence-electron chi connectivity index (χ1n) is 10.5. The number of nitrogens with zero attached hydrogens (tertiary/aromatic N) is 3. The number of aromatic nitrogens is 3. The molecule has 1 fully saturated rings. The predicted octanol–water partition coefficient (Wildman–Crippen LogP) is 4.36. The van der Waals surface area contributed by atoms with Crippen LogP contribution in [0.1, 0.15) is 16.8 Å². The van der Waals surface area contributed by atoms with Crippen LogP contribution >= 0.6 is 11.3 Å². The van der Waals surface area contributed by atoms with Crippen LogP contribution in [0.3, 0.4) is 0 Å². The molecule has 1 saturated heterocycles. The summed E-state index contributed by atoms with van der Waals surface area (Å²) in [7, 11) is 0. The van der Waals surface area contributed by atoms with Gasteiger partial charge in [0.15, 0.2) is 5.13 Å². The van der Waals surface area contributed by atoms with Crippen molar-refractivity contribution >= 4 is 33.4 Å². The number of thiazole rings is 1. The number of alkyl halides is 1. The molecule has 1 amide bonds. The maximum atomic E-state index is 13.4. The Labute approximate surface area is 188 Å². The molecule has 2 aromatic heterocycles. The Kier molecular flexibility index (Phi) is 5.83. The topological polar surface area (TPSA) is 83.1 Å². The number of amides is 1. The Bertz CT molecular complexity index is 1230. The molecule has 1 aliphatic heterocycles. The molecule has 7 nitrogen and oxygen atoms in total. The highest BCUT2D eigenvalue weighted by Crippen LogP contribution is 2.30. The maximum absolute atomic E-state index is 13.4. The SMILES string of the molecule is O=C(Nc1nccs1)c1cccc2[nH]c(-c3ccccc3OCCN3CC[C@H](F)C3)nc12. The van der Waals surface area contributed by atoms with Gasteiger partial charge in [-0.25, -0.2) is 14.4 Å². The van der Waals surface area contributed by atoms with E-state index in [4.69, 9.17) is 9.72 Å². The number of fused-ring (bicyclic) bond motifs is 1. The molecule has 164 valence electrons. The molecule has 4 aromatic rings. The van der Waals surface area contributed by atoms with Crippen LogP contribution in [0.4, 0.5) is 9.52 Å². The van der Waals surface area contributed by atoms with Crippen molar-refractivity contribution in [2.75, 3.05) is 31.6 Å². The van der Waals surface area contributed by atoms with E-state index in [1.54, 1.807) is 17.6 Å². The fourth-order valence-corrected chi connectivity index (χ4v) is 4.38. The monoisotopic (exact) mass is 451 g/mol. The summed E-state index contributed by atoms with van der Waals surface area (Å²) in [5.41, 5.74) is 2.61. The smallest absolute Gasteiger partial charge is 0.259 e. The highest BCUT2D eigenvalue weighted by atomic mass is 32.1. The minimum Gasteiger partial charge on any atom is -0.491 e. The summed E-state index contributed by atoms with van der Waals surface area (Å²) in [4.78, 5) is 27.0. The molecule has 3 heterocycles. The van der Waals surface area contributed by atoms with Crippen LogP contribution in [-0.2, 0) is 0 Å². The Morgan fingerprint density at radius 2 is 2.19 bits per heavy atom. The summed E-state index contributed by atoms with van der Waals surface area (Å²) in [6.07, 6.45) is 1.50. The van der Waals surface area contributed by atoms with Gasteiger partial charge in [-0.2, -0.15) is 0 Å². The number of hydrogen-bond acceptors (Lipinski definition) is 6. The van der Waals surface area contributed by atoms with Crippen LogP contribution in [0.5, 0.6) is 5.75 Å². The summed E-state index contributed by atoms with van der Waals surface area (Å²) >= 11 is 1.36. The third-order valence-corrected chi connectivity index (χ3v) is 6.12. The molecule has 0 spiro atoms. The van der Waals surface area contributed by atoms with E-state index in [0.717, 1.165) is 17.6 Å². The van der Waals surface area contributed by atoms with E-state index in [1.165, 1.54) is 11.3 Å². The van der Waals surface area contributed by atoms with Gasteiger partial charge in [0, 0.05) is 31.2 Å². The van der Waals surface area contributed by atoms with Crippen LogP contribution in [0, 0.1) is 0 Å². The minimum atomic E-state index is -0.736. The van der Waals surface area contributed by atoms with Gasteiger partial charge in [0.25, 0.3) is 5.91 Å². The van der Waals surface area contributed by atoms with Crippen LogP contribution in [-0.4, -0.2) is 58.2 Å². The summed E-state index contributed by atoms with van der Waals surface area (Å²) < 4.78 is 19.4. The van der Waals surface area contributed by atoms with Crippen molar-refractivity contribution in [3.8, 4) is 17.1 Å². The number of carbonyl (C=O) groups excluding carboxylic acids is 1. The number of benzene rings is 2. The standard InChI is InChI=1S/C23H22FN5O2S/c24-15-8-10-29(14-15)11-12-31-19-7-2-1-4-16(19)21-26-18-6-3-5-17(20(18)27-21)22(30)28-23-25-9-13-32-23/h1-7,9,13,15H,8,10-12,14H2,(H,26,27)(H,25,28,30)/t15-/m0/s1. The molecule has 0 aliphatic carbocycles. The van der Waals surface area contributed by atoms with E-state index in [9.17, 15) is 9.18 Å². The molecule has 0 bridgehead atoms. The Morgan fingerprint density at radius 1 is 1.28 bits per heavy atom. The van der Waals surface area contributed by atoms with Gasteiger partial charge in [-0.15, -0.1) is 11.3 Å². The lowest BCUT2D eigenvalue weighted by molar-refractivity contribution is 0.102. The highest BCUT2D eigenvalue weighted by molar-refractivity contribution is 7.13. The number of anilines is 1. The van der Waals surface area contributed by atoms with Crippen LogP contribution in [0.15, 0.2) is 54.0 Å². The van der Waals surface area contributed by atoms with E-state index in [2.05, 4.69) is 20.2 Å². The number of hydrogen-bond donors (Lipinski definition) is 2. The highest BCUT2D eigenvalue weighted by Gasteiger charge is 2.21. The zero-order chi connectivity index (χ0) is 21.9. The Balaban J connectivity index is 1.37. The number of likely N-dealkylation sites (tertiary alicyclic amines) is 1. The number of halogens is 1. The summed E-state index contributed by atoms with van der Waals surface area (Å²) in [6, 6.07) is 13.1. The van der Waals surface area contributed by atoms with Gasteiger partial charge in [-0.05, 0) is 30.7 Å². The second-order valence-electron chi connectivity index (χ2n) is 7.61. The van der Waals surface area contributed by atoms with Gasteiger partial charge in [0.05, 0.1) is 16.6 Å². The van der Waals surface area contributed by atoms with Crippen molar-refractivity contribution in [3.05, 3.63) is 59.6 Å². The number of ether oxygens (including phenoxy) is 1. The molecule has 1 atom stereocenters. The second kappa shape index (κ2) is 9.05. The number of para-hydroxylation sites is 2. The zero-order valence-electron chi connectivity index (χ0n) is 17.3. The maximum Gasteiger partial charge on any atom is 0.259 e. The lowest BCUT2D eigenvalue weighted by Crippen LogP contribution is -2.26. The molecule has 5 rings (SSSR count). The Hall–Kier alpha value is -3.30. The van der Waals surface area contributed by atoms with E-state index in [1.807, 2.05) is 36.4 Å². The van der Waals surface area contributed by atoms with Crippen molar-refractivity contribution in [2.24, 2.45) is 0 Å². The largest absolute Gasteiger partial charge is 0.491 e. The third-order valence-electron chi connectivity index (χ3n) is 5.43. The molecule has 9 heteroatoms. The van der Waals surface area contributed by atoms with Crippen LogP contribution < -0.4 is 10.1 Å². The first-order valence-corrected chi connectivity index (χ1v) is 11.3. The van der Waals surface area contributed by atoms with E-state index in [0.29, 0.717) is 53.9 Å². The first-order chi connectivity index (χ1) is 15.7. The van der Waals surface area contributed by atoms with Crippen molar-refractivity contribution < 1.29 is 13.9 Å². The van der Waals surface area contributed by atoms with Crippen LogP contribution in [0.2, 0.25) is 0 Å². The van der Waals surface area contributed by atoms with Crippen molar-refractivity contribution in [1.29, 1.82) is 0 Å². The average Bonchev–Trinajstić information content (AvgIpc) is 3.55. The minimum absolute atomic E-state index is 0.259. The van der Waals surface area contributed by atoms with Crippen LogP contribution in [0.25, 0.3) is 22.4 Å². The summed E-state index contributed by atoms with van der Waals surface area (Å²) in [5.74, 6) is 1.05. The van der Waals surface area contributed by atoms with Gasteiger partial charge in [0.2, 0.25) is 0 Å². The number of nitrogens with one attached hydrogen (secondary N) is 2. The molecule has 0 radical (unpaired) electrons. The molecule has 2 aromatic carbocycles. The lowest BCUT2D eigenvalue weighted by Gasteiger charge is -2.16. The summed E-state index contributed by atoms with van der Waals surface area (Å²) in [6.45, 7) is 2.38. The molecular weight excluding hydrogens is 429 g/mol. The fraction of sp³-hybridized carbons (Fsp3) is 0.261. The molecular formula is C23H22FN5O2S. The van der Waals surface area contributed by atoms with Crippen molar-refractivity contribution in [1.82, 2.24) is 19.9 Å². The Morgan fingerprint density at radius 3 is 3.00 bits per heavy atom. The number of H-pyrrole nitrogens is 1.